The van der Waals surface area contributed by atoms with E-state index in [1.54, 1.807) is 0 Å². The van der Waals surface area contributed by atoms with Gasteiger partial charge < -0.3 is 14.9 Å². The first-order valence-electron chi connectivity index (χ1n) is 10.4. The van der Waals surface area contributed by atoms with E-state index in [1.807, 2.05) is 12.1 Å². The predicted molar refractivity (Wildman–Crippen MR) is 117 cm³/mol. The number of nitrogens with one attached hydrogen (secondary N) is 2. The molecule has 3 heterocycles. The Morgan fingerprint density at radius 1 is 1.13 bits per heavy atom. The van der Waals surface area contributed by atoms with Gasteiger partial charge in [0.15, 0.2) is 5.82 Å². The van der Waals surface area contributed by atoms with E-state index in [9.17, 15) is 8.78 Å². The lowest BCUT2D eigenvalue weighted by Crippen LogP contribution is -2.27. The van der Waals surface area contributed by atoms with Crippen molar-refractivity contribution in [3.63, 3.8) is 0 Å². The highest BCUT2D eigenvalue weighted by Gasteiger charge is 2.16. The molecule has 0 amide bonds. The third-order valence-corrected chi connectivity index (χ3v) is 6.40. The molecule has 0 aliphatic carbocycles. The Bertz CT molecular complexity index is 1210. The Morgan fingerprint density at radius 2 is 1.97 bits per heavy atom. The molecule has 4 aromatic rings. The molecule has 0 saturated carbocycles. The van der Waals surface area contributed by atoms with Gasteiger partial charge in [0.2, 0.25) is 0 Å². The van der Waals surface area contributed by atoms with Crippen LogP contribution in [0.25, 0.3) is 33.3 Å². The molecule has 156 valence electrons. The number of imidazole rings is 1. The predicted octanol–water partition coefficient (Wildman–Crippen LogP) is 5.90. The summed E-state index contributed by atoms with van der Waals surface area (Å²) in [7, 11) is 0. The Balaban J connectivity index is 1.40. The molecular weight excluding hydrogens is 406 g/mol. The lowest BCUT2D eigenvalue weighted by molar-refractivity contribution is 0.341. The second-order valence-electron chi connectivity index (χ2n) is 8.10. The molecule has 0 atom stereocenters. The second kappa shape index (κ2) is 8.00. The van der Waals surface area contributed by atoms with Gasteiger partial charge >= 0.3 is 0 Å². The number of fused-ring (bicyclic) bond motifs is 2. The van der Waals surface area contributed by atoms with Crippen LogP contribution >= 0.6 is 11.6 Å². The van der Waals surface area contributed by atoms with Gasteiger partial charge in [0.1, 0.15) is 17.2 Å². The first kappa shape index (κ1) is 19.5. The van der Waals surface area contributed by atoms with Crippen molar-refractivity contribution in [3.05, 3.63) is 53.2 Å². The van der Waals surface area contributed by atoms with Crippen LogP contribution in [0.15, 0.2) is 36.5 Å². The van der Waals surface area contributed by atoms with Gasteiger partial charge in [0.05, 0.1) is 10.5 Å². The number of aryl methyl sites for hydroxylation is 1. The van der Waals surface area contributed by atoms with E-state index in [1.165, 1.54) is 25.3 Å². The molecule has 1 saturated heterocycles. The lowest BCUT2D eigenvalue weighted by Gasteiger charge is -2.22. The van der Waals surface area contributed by atoms with E-state index < -0.39 is 11.6 Å². The van der Waals surface area contributed by atoms with Crippen molar-refractivity contribution in [2.24, 2.45) is 5.92 Å². The minimum absolute atomic E-state index is 0.109. The Kier molecular flexibility index (Phi) is 5.21. The highest BCUT2D eigenvalue weighted by atomic mass is 35.5. The van der Waals surface area contributed by atoms with E-state index in [2.05, 4.69) is 32.1 Å². The van der Waals surface area contributed by atoms with Crippen LogP contribution in [0, 0.1) is 17.6 Å². The molecule has 2 aromatic carbocycles. The molecule has 1 fully saturated rings. The Labute approximate surface area is 178 Å². The molecule has 30 heavy (non-hydrogen) atoms. The zero-order valence-electron chi connectivity index (χ0n) is 16.5. The summed E-state index contributed by atoms with van der Waals surface area (Å²) in [6, 6.07) is 8.01. The average Bonchev–Trinajstić information content (AvgIpc) is 3.32. The van der Waals surface area contributed by atoms with Crippen LogP contribution in [0.4, 0.5) is 8.78 Å². The first-order valence-corrected chi connectivity index (χ1v) is 10.8. The van der Waals surface area contributed by atoms with Crippen molar-refractivity contribution in [2.45, 2.75) is 32.2 Å². The van der Waals surface area contributed by atoms with Crippen LogP contribution in [0.2, 0.25) is 5.02 Å². The SMILES string of the molecule is Fc1cc(F)c2nc(-c3cc4ccn(CCCC5CCNCC5)c4cc3Cl)[nH]c2c1. The second-order valence-corrected chi connectivity index (χ2v) is 8.51. The van der Waals surface area contributed by atoms with E-state index in [0.29, 0.717) is 21.9 Å². The summed E-state index contributed by atoms with van der Waals surface area (Å²) in [5.41, 5.74) is 2.17. The van der Waals surface area contributed by atoms with Gasteiger partial charge in [-0.1, -0.05) is 11.6 Å². The summed E-state index contributed by atoms with van der Waals surface area (Å²) in [5.74, 6) is -0.0791. The zero-order valence-corrected chi connectivity index (χ0v) is 17.3. The summed E-state index contributed by atoms with van der Waals surface area (Å²) < 4.78 is 29.8. The van der Waals surface area contributed by atoms with E-state index in [-0.39, 0.29) is 5.52 Å². The summed E-state index contributed by atoms with van der Waals surface area (Å²) in [5, 5.41) is 4.99. The smallest absolute Gasteiger partial charge is 0.153 e. The number of halogens is 3. The van der Waals surface area contributed by atoms with Gasteiger partial charge in [-0.15, -0.1) is 0 Å². The third kappa shape index (κ3) is 3.70. The maximum Gasteiger partial charge on any atom is 0.153 e. The molecule has 5 rings (SSSR count). The summed E-state index contributed by atoms with van der Waals surface area (Å²) in [6.07, 6.45) is 7.00. The molecule has 0 spiro atoms. The highest BCUT2D eigenvalue weighted by molar-refractivity contribution is 6.34. The fourth-order valence-electron chi connectivity index (χ4n) is 4.48. The summed E-state index contributed by atoms with van der Waals surface area (Å²) in [6.45, 7) is 3.22. The van der Waals surface area contributed by atoms with E-state index >= 15 is 0 Å². The first-order chi connectivity index (χ1) is 14.6. The summed E-state index contributed by atoms with van der Waals surface area (Å²) in [4.78, 5) is 7.29. The Morgan fingerprint density at radius 3 is 2.80 bits per heavy atom. The zero-order chi connectivity index (χ0) is 20.7. The number of rotatable bonds is 5. The van der Waals surface area contributed by atoms with Gasteiger partial charge in [-0.05, 0) is 69.0 Å². The van der Waals surface area contributed by atoms with E-state index in [4.69, 9.17) is 11.6 Å². The van der Waals surface area contributed by atoms with Gasteiger partial charge in [-0.25, -0.2) is 13.8 Å². The average molecular weight is 429 g/mol. The fraction of sp³-hybridized carbons (Fsp3) is 0.348. The van der Waals surface area contributed by atoms with Crippen LogP contribution in [0.1, 0.15) is 25.7 Å². The van der Waals surface area contributed by atoms with Crippen LogP contribution in [0.5, 0.6) is 0 Å². The van der Waals surface area contributed by atoms with Crippen molar-refractivity contribution in [1.82, 2.24) is 19.9 Å². The number of nitrogens with zero attached hydrogens (tertiary/aromatic N) is 2. The van der Waals surface area contributed by atoms with Crippen molar-refractivity contribution in [3.8, 4) is 11.4 Å². The highest BCUT2D eigenvalue weighted by Crippen LogP contribution is 2.33. The number of hydrogen-bond acceptors (Lipinski definition) is 2. The van der Waals surface area contributed by atoms with Crippen LogP contribution in [-0.2, 0) is 6.54 Å². The van der Waals surface area contributed by atoms with Gasteiger partial charge in [0, 0.05) is 35.3 Å². The molecule has 0 radical (unpaired) electrons. The topological polar surface area (TPSA) is 45.6 Å². The maximum absolute atomic E-state index is 14.0. The van der Waals surface area contributed by atoms with E-state index in [0.717, 1.165) is 48.9 Å². The maximum atomic E-state index is 14.0. The van der Waals surface area contributed by atoms with Crippen molar-refractivity contribution < 1.29 is 8.78 Å². The molecule has 4 nitrogen and oxygen atoms in total. The minimum atomic E-state index is -0.690. The Hall–Kier alpha value is -2.44. The van der Waals surface area contributed by atoms with Crippen molar-refractivity contribution >= 4 is 33.5 Å². The molecule has 0 bridgehead atoms. The molecular formula is C23H23ClF2N4. The molecule has 0 unspecified atom stereocenters. The molecule has 7 heteroatoms. The number of piperidine rings is 1. The number of hydrogen-bond donors (Lipinski definition) is 2. The van der Waals surface area contributed by atoms with Crippen molar-refractivity contribution in [2.75, 3.05) is 13.1 Å². The quantitative estimate of drug-likeness (QED) is 0.416. The monoisotopic (exact) mass is 428 g/mol. The largest absolute Gasteiger partial charge is 0.347 e. The van der Waals surface area contributed by atoms with Gasteiger partial charge in [-0.3, -0.25) is 0 Å². The minimum Gasteiger partial charge on any atom is -0.347 e. The van der Waals surface area contributed by atoms with Crippen LogP contribution in [0.3, 0.4) is 0 Å². The number of benzene rings is 2. The van der Waals surface area contributed by atoms with Crippen LogP contribution in [-0.4, -0.2) is 27.6 Å². The lowest BCUT2D eigenvalue weighted by atomic mass is 9.93. The fourth-order valence-corrected chi connectivity index (χ4v) is 4.73. The van der Waals surface area contributed by atoms with Gasteiger partial charge in [-0.2, -0.15) is 0 Å². The third-order valence-electron chi connectivity index (χ3n) is 6.09. The van der Waals surface area contributed by atoms with Crippen molar-refractivity contribution in [1.29, 1.82) is 0 Å². The molecule has 1 aliphatic heterocycles. The number of aromatic nitrogens is 3. The molecule has 2 aromatic heterocycles. The van der Waals surface area contributed by atoms with Crippen LogP contribution < -0.4 is 5.32 Å². The summed E-state index contributed by atoms with van der Waals surface area (Å²) >= 11 is 6.57. The normalized spacial score (nSPS) is 15.4. The van der Waals surface area contributed by atoms with Gasteiger partial charge in [0.25, 0.3) is 0 Å². The molecule has 1 aliphatic rings. The number of aromatic amines is 1. The number of H-pyrrole nitrogens is 1. The molecule has 2 N–H and O–H groups in total. The standard InChI is InChI=1S/C23H23ClF2N4/c24-18-13-21-15(5-9-30(21)8-1-2-14-3-6-27-7-4-14)10-17(18)23-28-20-12-16(25)11-19(26)22(20)29-23/h5,9-14,27H,1-4,6-8H2,(H,28,29).